The fourth-order valence-corrected chi connectivity index (χ4v) is 2.31. The molecule has 1 aromatic heterocycles. The molecule has 0 fully saturated rings. The fraction of sp³-hybridized carbons (Fsp3) is 0.400. The third-order valence-electron chi connectivity index (χ3n) is 4.30. The van der Waals surface area contributed by atoms with Gasteiger partial charge in [-0.3, -0.25) is 9.59 Å². The second-order valence-corrected chi connectivity index (χ2v) is 7.02. The number of carbonyl (C=O) groups excluding carboxylic acids is 2. The maximum absolute atomic E-state index is 12.4. The molecule has 7 heteroatoms. The first kappa shape index (κ1) is 20.4. The number of hydrogen-bond acceptors (Lipinski definition) is 5. The minimum absolute atomic E-state index is 0.362. The van der Waals surface area contributed by atoms with Gasteiger partial charge in [-0.15, -0.1) is 0 Å². The largest absolute Gasteiger partial charge is 0.448 e. The van der Waals surface area contributed by atoms with Crippen molar-refractivity contribution >= 4 is 11.9 Å². The van der Waals surface area contributed by atoms with Gasteiger partial charge in [0.25, 0.3) is 5.91 Å². The number of rotatable bonds is 6. The lowest BCUT2D eigenvalue weighted by Crippen LogP contribution is -2.48. The number of hydrogen-bond donors (Lipinski definition) is 1. The van der Waals surface area contributed by atoms with Crippen LogP contribution in [0.15, 0.2) is 41.2 Å². The van der Waals surface area contributed by atoms with E-state index >= 15 is 0 Å². The molecule has 27 heavy (non-hydrogen) atoms. The molecule has 0 aliphatic rings. The lowest BCUT2D eigenvalue weighted by Gasteiger charge is -2.26. The molecule has 0 aliphatic heterocycles. The first-order valence-corrected chi connectivity index (χ1v) is 8.84. The van der Waals surface area contributed by atoms with Crippen molar-refractivity contribution in [2.45, 2.75) is 52.7 Å². The zero-order valence-electron chi connectivity index (χ0n) is 16.3. The Labute approximate surface area is 158 Å². The molecule has 1 atom stereocenters. The summed E-state index contributed by atoms with van der Waals surface area (Å²) in [4.78, 5) is 36.9. The summed E-state index contributed by atoms with van der Waals surface area (Å²) >= 11 is 0. The predicted octanol–water partition coefficient (Wildman–Crippen LogP) is 2.39. The van der Waals surface area contributed by atoms with Gasteiger partial charge in [0.15, 0.2) is 6.10 Å². The van der Waals surface area contributed by atoms with Crippen LogP contribution in [-0.2, 0) is 9.53 Å². The van der Waals surface area contributed by atoms with E-state index in [0.717, 1.165) is 6.42 Å². The molecule has 2 rings (SSSR count). The molecule has 1 aromatic carbocycles. The van der Waals surface area contributed by atoms with Crippen molar-refractivity contribution in [3.8, 4) is 5.69 Å². The highest BCUT2D eigenvalue weighted by Gasteiger charge is 2.26. The van der Waals surface area contributed by atoms with E-state index < -0.39 is 28.9 Å². The maximum atomic E-state index is 12.4. The summed E-state index contributed by atoms with van der Waals surface area (Å²) in [5.74, 6) is -1.35. The molecule has 0 aliphatic carbocycles. The summed E-state index contributed by atoms with van der Waals surface area (Å²) in [7, 11) is 0. The van der Waals surface area contributed by atoms with Gasteiger partial charge in [-0.2, -0.15) is 5.10 Å². The van der Waals surface area contributed by atoms with Crippen molar-refractivity contribution in [1.82, 2.24) is 15.1 Å². The molecular weight excluding hydrogens is 346 g/mol. The standard InChI is InChI=1S/C20H25N3O4/c1-6-20(4,5)21-18(25)14(3)27-19(26)17-16(24)12-13(2)23(22-17)15-10-8-7-9-11-15/h7-12,14H,6H2,1-5H3,(H,21,25). The molecule has 1 heterocycles. The summed E-state index contributed by atoms with van der Waals surface area (Å²) in [6.07, 6.45) is -0.322. The number of benzene rings is 1. The Morgan fingerprint density at radius 2 is 1.89 bits per heavy atom. The maximum Gasteiger partial charge on any atom is 0.363 e. The van der Waals surface area contributed by atoms with E-state index in [0.29, 0.717) is 11.4 Å². The smallest absolute Gasteiger partial charge is 0.363 e. The number of ether oxygens (including phenoxy) is 1. The van der Waals surface area contributed by atoms with Crippen molar-refractivity contribution in [2.75, 3.05) is 0 Å². The van der Waals surface area contributed by atoms with E-state index in [9.17, 15) is 14.4 Å². The van der Waals surface area contributed by atoms with E-state index in [-0.39, 0.29) is 5.69 Å². The molecular formula is C20H25N3O4. The van der Waals surface area contributed by atoms with Crippen LogP contribution in [0.3, 0.4) is 0 Å². The first-order valence-electron chi connectivity index (χ1n) is 8.84. The van der Waals surface area contributed by atoms with Gasteiger partial charge in [0.1, 0.15) is 0 Å². The zero-order chi connectivity index (χ0) is 20.2. The normalized spacial score (nSPS) is 12.3. The molecule has 0 bridgehead atoms. The van der Waals surface area contributed by atoms with E-state index in [4.69, 9.17) is 4.74 Å². The van der Waals surface area contributed by atoms with E-state index in [1.807, 2.05) is 51.1 Å². The van der Waals surface area contributed by atoms with Crippen LogP contribution in [0.1, 0.15) is 50.3 Å². The number of aryl methyl sites for hydroxylation is 1. The van der Waals surface area contributed by atoms with Crippen molar-refractivity contribution in [1.29, 1.82) is 0 Å². The quantitative estimate of drug-likeness (QED) is 0.788. The Balaban J connectivity index is 2.24. The number of amides is 1. The number of carbonyl (C=O) groups is 2. The van der Waals surface area contributed by atoms with Gasteiger partial charge in [0.05, 0.1) is 5.69 Å². The van der Waals surface area contributed by atoms with Crippen LogP contribution in [0.4, 0.5) is 0 Å². The molecule has 1 amide bonds. The number of nitrogens with zero attached hydrogens (tertiary/aromatic N) is 2. The first-order chi connectivity index (χ1) is 12.6. The van der Waals surface area contributed by atoms with Gasteiger partial charge in [0, 0.05) is 17.3 Å². The highest BCUT2D eigenvalue weighted by molar-refractivity contribution is 5.90. The molecule has 0 saturated heterocycles. The number of esters is 1. The van der Waals surface area contributed by atoms with Crippen molar-refractivity contribution in [3.05, 3.63) is 58.0 Å². The molecule has 2 aromatic rings. The highest BCUT2D eigenvalue weighted by atomic mass is 16.5. The van der Waals surface area contributed by atoms with Gasteiger partial charge >= 0.3 is 5.97 Å². The van der Waals surface area contributed by atoms with Crippen LogP contribution in [0, 0.1) is 6.92 Å². The molecule has 0 spiro atoms. The molecule has 0 radical (unpaired) electrons. The molecule has 144 valence electrons. The van der Waals surface area contributed by atoms with Crippen LogP contribution in [0.25, 0.3) is 5.69 Å². The minimum Gasteiger partial charge on any atom is -0.448 e. The van der Waals surface area contributed by atoms with E-state index in [2.05, 4.69) is 10.4 Å². The predicted molar refractivity (Wildman–Crippen MR) is 102 cm³/mol. The van der Waals surface area contributed by atoms with E-state index in [1.165, 1.54) is 17.7 Å². The van der Waals surface area contributed by atoms with Gasteiger partial charge in [-0.25, -0.2) is 9.48 Å². The van der Waals surface area contributed by atoms with Crippen molar-refractivity contribution in [3.63, 3.8) is 0 Å². The highest BCUT2D eigenvalue weighted by Crippen LogP contribution is 2.10. The average Bonchev–Trinajstić information content (AvgIpc) is 2.62. The Morgan fingerprint density at radius 3 is 2.48 bits per heavy atom. The van der Waals surface area contributed by atoms with Crippen LogP contribution in [0.5, 0.6) is 0 Å². The monoisotopic (exact) mass is 371 g/mol. The number of nitrogens with one attached hydrogen (secondary N) is 1. The van der Waals surface area contributed by atoms with Crippen LogP contribution in [-0.4, -0.2) is 33.3 Å². The van der Waals surface area contributed by atoms with Crippen LogP contribution in [0.2, 0.25) is 0 Å². The summed E-state index contributed by atoms with van der Waals surface area (Å²) in [6, 6.07) is 10.4. The Morgan fingerprint density at radius 1 is 1.26 bits per heavy atom. The van der Waals surface area contributed by atoms with Crippen LogP contribution < -0.4 is 10.7 Å². The second-order valence-electron chi connectivity index (χ2n) is 7.02. The zero-order valence-corrected chi connectivity index (χ0v) is 16.3. The molecule has 1 unspecified atom stereocenters. The topological polar surface area (TPSA) is 90.3 Å². The molecule has 0 saturated carbocycles. The summed E-state index contributed by atoms with van der Waals surface area (Å²) in [5.41, 5.74) is -0.0392. The van der Waals surface area contributed by atoms with Crippen molar-refractivity contribution < 1.29 is 14.3 Å². The molecule has 7 nitrogen and oxygen atoms in total. The third-order valence-corrected chi connectivity index (χ3v) is 4.30. The molecule has 1 N–H and O–H groups in total. The summed E-state index contributed by atoms with van der Waals surface area (Å²) in [6.45, 7) is 8.88. The van der Waals surface area contributed by atoms with Crippen molar-refractivity contribution in [2.24, 2.45) is 0 Å². The van der Waals surface area contributed by atoms with Gasteiger partial charge < -0.3 is 10.1 Å². The Kier molecular flexibility index (Phi) is 6.15. The van der Waals surface area contributed by atoms with Gasteiger partial charge in [-0.1, -0.05) is 25.1 Å². The van der Waals surface area contributed by atoms with Crippen LogP contribution >= 0.6 is 0 Å². The average molecular weight is 371 g/mol. The van der Waals surface area contributed by atoms with Gasteiger partial charge in [-0.05, 0) is 46.2 Å². The Hall–Kier alpha value is -2.96. The third kappa shape index (κ3) is 5.03. The lowest BCUT2D eigenvalue weighted by atomic mass is 10.0. The van der Waals surface area contributed by atoms with Gasteiger partial charge in [0.2, 0.25) is 11.1 Å². The number of aromatic nitrogens is 2. The lowest BCUT2D eigenvalue weighted by molar-refractivity contribution is -0.130. The fourth-order valence-electron chi connectivity index (χ4n) is 2.31. The second kappa shape index (κ2) is 8.16. The number of para-hydroxylation sites is 1. The minimum atomic E-state index is -1.05. The Bertz CT molecular complexity index is 888. The SMILES string of the molecule is CCC(C)(C)NC(=O)C(C)OC(=O)c1nn(-c2ccccc2)c(C)cc1=O. The summed E-state index contributed by atoms with van der Waals surface area (Å²) < 4.78 is 6.66. The summed E-state index contributed by atoms with van der Waals surface area (Å²) in [5, 5.41) is 6.95. The van der Waals surface area contributed by atoms with E-state index in [1.54, 1.807) is 6.92 Å².